The van der Waals surface area contributed by atoms with Crippen LogP contribution in [-0.2, 0) is 7.05 Å². The van der Waals surface area contributed by atoms with Crippen LogP contribution >= 0.6 is 0 Å². The third-order valence-corrected chi connectivity index (χ3v) is 2.86. The van der Waals surface area contributed by atoms with Crippen LogP contribution in [0.25, 0.3) is 11.1 Å². The fraction of sp³-hybridized carbons (Fsp3) is 0.0769. The van der Waals surface area contributed by atoms with Gasteiger partial charge in [0.25, 0.3) is 11.5 Å². The Morgan fingerprint density at radius 2 is 1.56 bits per heavy atom. The average Bonchev–Trinajstić information content (AvgIpc) is 2.55. The van der Waals surface area contributed by atoms with Gasteiger partial charge in [-0.15, -0.1) is 0 Å². The maximum absolute atomic E-state index is 12.1. The summed E-state index contributed by atoms with van der Waals surface area (Å²) in [6.45, 7) is 0. The van der Waals surface area contributed by atoms with Crippen molar-refractivity contribution in [3.05, 3.63) is 53.9 Å². The number of aromatic nitrogens is 1. The second-order valence-corrected chi connectivity index (χ2v) is 3.76. The highest BCUT2D eigenvalue weighted by molar-refractivity contribution is 6.19. The molecule has 1 aromatic carbocycles. The third kappa shape index (κ3) is 1.38. The van der Waals surface area contributed by atoms with Crippen molar-refractivity contribution >= 4 is 5.78 Å². The zero-order valence-corrected chi connectivity index (χ0v) is 10.9. The van der Waals surface area contributed by atoms with E-state index in [4.69, 9.17) is 0 Å². The SMILES string of the molecule is C[n+]1cccc2c1C(=O)c1ccccc1-2.[I-]. The molecule has 16 heavy (non-hydrogen) atoms. The molecule has 0 spiro atoms. The summed E-state index contributed by atoms with van der Waals surface area (Å²) >= 11 is 0. The van der Waals surface area contributed by atoms with Gasteiger partial charge in [0.1, 0.15) is 7.05 Å². The summed E-state index contributed by atoms with van der Waals surface area (Å²) in [6.07, 6.45) is 1.91. The predicted molar refractivity (Wildman–Crippen MR) is 56.5 cm³/mol. The number of carbonyl (C=O) groups excluding carboxylic acids is 1. The number of aryl methyl sites for hydroxylation is 1. The summed E-state index contributed by atoms with van der Waals surface area (Å²) in [5.74, 6) is 0.128. The van der Waals surface area contributed by atoms with Gasteiger partial charge in [0.2, 0.25) is 0 Å². The normalized spacial score (nSPS) is 11.7. The van der Waals surface area contributed by atoms with Gasteiger partial charge >= 0.3 is 0 Å². The number of hydrogen-bond donors (Lipinski definition) is 0. The van der Waals surface area contributed by atoms with Crippen LogP contribution in [0.5, 0.6) is 0 Å². The molecule has 0 radical (unpaired) electrons. The molecule has 0 N–H and O–H groups in total. The van der Waals surface area contributed by atoms with Crippen LogP contribution in [0.15, 0.2) is 42.6 Å². The lowest BCUT2D eigenvalue weighted by Crippen LogP contribution is -3.00. The maximum Gasteiger partial charge on any atom is 0.261 e. The van der Waals surface area contributed by atoms with E-state index in [1.807, 2.05) is 54.2 Å². The fourth-order valence-corrected chi connectivity index (χ4v) is 2.16. The molecule has 80 valence electrons. The summed E-state index contributed by atoms with van der Waals surface area (Å²) in [4.78, 5) is 12.1. The van der Waals surface area contributed by atoms with Crippen LogP contribution in [0.3, 0.4) is 0 Å². The number of rotatable bonds is 0. The van der Waals surface area contributed by atoms with Crippen LogP contribution in [0.1, 0.15) is 16.1 Å². The van der Waals surface area contributed by atoms with E-state index in [1.54, 1.807) is 0 Å². The molecule has 1 aliphatic carbocycles. The molecule has 0 bridgehead atoms. The van der Waals surface area contributed by atoms with E-state index in [1.165, 1.54) is 0 Å². The summed E-state index contributed by atoms with van der Waals surface area (Å²) in [5.41, 5.74) is 3.70. The number of pyridine rings is 1. The van der Waals surface area contributed by atoms with Crippen molar-refractivity contribution < 1.29 is 33.3 Å². The number of benzene rings is 1. The molecule has 3 rings (SSSR count). The molecule has 2 aromatic rings. The van der Waals surface area contributed by atoms with Gasteiger partial charge in [0.15, 0.2) is 6.20 Å². The average molecular weight is 323 g/mol. The standard InChI is InChI=1S/C13H10NO.HI/c1-14-8-4-7-10-9-5-2-3-6-11(9)13(15)12(10)14;/h2-8H,1H3;1H/q+1;/p-1. The minimum absolute atomic E-state index is 0. The monoisotopic (exact) mass is 323 g/mol. The quantitative estimate of drug-likeness (QED) is 0.373. The van der Waals surface area contributed by atoms with E-state index in [9.17, 15) is 4.79 Å². The van der Waals surface area contributed by atoms with Crippen molar-refractivity contribution in [1.82, 2.24) is 0 Å². The van der Waals surface area contributed by atoms with Gasteiger partial charge in [-0.3, -0.25) is 4.79 Å². The van der Waals surface area contributed by atoms with E-state index in [-0.39, 0.29) is 29.8 Å². The first-order valence-corrected chi connectivity index (χ1v) is 4.92. The number of hydrogen-bond acceptors (Lipinski definition) is 1. The molecular weight excluding hydrogens is 313 g/mol. The smallest absolute Gasteiger partial charge is 0.261 e. The highest BCUT2D eigenvalue weighted by Crippen LogP contribution is 2.33. The number of nitrogens with zero attached hydrogens (tertiary/aromatic N) is 1. The zero-order valence-electron chi connectivity index (χ0n) is 8.77. The molecule has 1 aliphatic rings. The van der Waals surface area contributed by atoms with Crippen LogP contribution in [0.4, 0.5) is 0 Å². The Hall–Kier alpha value is -1.23. The fourth-order valence-electron chi connectivity index (χ4n) is 2.16. The summed E-state index contributed by atoms with van der Waals surface area (Å²) in [7, 11) is 1.91. The van der Waals surface area contributed by atoms with E-state index >= 15 is 0 Å². The number of halogens is 1. The molecule has 0 unspecified atom stereocenters. The van der Waals surface area contributed by atoms with E-state index < -0.39 is 0 Å². The van der Waals surface area contributed by atoms with Crippen molar-refractivity contribution in [2.75, 3.05) is 0 Å². The number of fused-ring (bicyclic) bond motifs is 3. The maximum atomic E-state index is 12.1. The lowest BCUT2D eigenvalue weighted by molar-refractivity contribution is -0.672. The van der Waals surface area contributed by atoms with Crippen molar-refractivity contribution in [1.29, 1.82) is 0 Å². The second kappa shape index (κ2) is 3.97. The first-order valence-electron chi connectivity index (χ1n) is 4.92. The van der Waals surface area contributed by atoms with Gasteiger partial charge in [0.05, 0.1) is 5.56 Å². The van der Waals surface area contributed by atoms with Gasteiger partial charge < -0.3 is 24.0 Å². The van der Waals surface area contributed by atoms with Gasteiger partial charge in [0, 0.05) is 11.6 Å². The summed E-state index contributed by atoms with van der Waals surface area (Å²) in [5, 5.41) is 0. The Labute approximate surface area is 111 Å². The Bertz CT molecular complexity index is 578. The third-order valence-electron chi connectivity index (χ3n) is 2.86. The molecule has 1 aromatic heterocycles. The molecule has 0 saturated carbocycles. The van der Waals surface area contributed by atoms with Crippen LogP contribution in [0.2, 0.25) is 0 Å². The minimum atomic E-state index is 0. The molecule has 3 heteroatoms. The molecule has 1 heterocycles. The Balaban J connectivity index is 0.000000963. The van der Waals surface area contributed by atoms with Crippen molar-refractivity contribution in [3.8, 4) is 11.1 Å². The van der Waals surface area contributed by atoms with Crippen molar-refractivity contribution in [3.63, 3.8) is 0 Å². The van der Waals surface area contributed by atoms with Gasteiger partial charge in [-0.2, -0.15) is 4.57 Å². The topological polar surface area (TPSA) is 20.9 Å². The largest absolute Gasteiger partial charge is 1.00 e. The lowest BCUT2D eigenvalue weighted by atomic mass is 10.1. The van der Waals surface area contributed by atoms with Gasteiger partial charge in [-0.25, -0.2) is 0 Å². The van der Waals surface area contributed by atoms with Crippen LogP contribution in [-0.4, -0.2) is 5.78 Å². The van der Waals surface area contributed by atoms with Crippen LogP contribution in [0, 0.1) is 0 Å². The highest BCUT2D eigenvalue weighted by Gasteiger charge is 2.33. The van der Waals surface area contributed by atoms with E-state index in [2.05, 4.69) is 0 Å². The second-order valence-electron chi connectivity index (χ2n) is 3.76. The highest BCUT2D eigenvalue weighted by atomic mass is 127. The van der Waals surface area contributed by atoms with Crippen molar-refractivity contribution in [2.24, 2.45) is 7.05 Å². The zero-order chi connectivity index (χ0) is 10.4. The van der Waals surface area contributed by atoms with Gasteiger partial charge in [-0.1, -0.05) is 24.3 Å². The first kappa shape index (κ1) is 11.3. The van der Waals surface area contributed by atoms with Gasteiger partial charge in [-0.05, 0) is 11.6 Å². The molecule has 0 amide bonds. The molecule has 0 saturated heterocycles. The van der Waals surface area contributed by atoms with Crippen LogP contribution < -0.4 is 28.5 Å². The first-order chi connectivity index (χ1) is 7.29. The summed E-state index contributed by atoms with van der Waals surface area (Å²) in [6, 6.07) is 11.7. The molecule has 0 atom stereocenters. The lowest BCUT2D eigenvalue weighted by Gasteiger charge is -1.95. The van der Waals surface area contributed by atoms with Crippen molar-refractivity contribution in [2.45, 2.75) is 0 Å². The number of carbonyl (C=O) groups is 1. The Kier molecular flexibility index (Phi) is 2.80. The molecular formula is C13H10INO. The molecule has 0 aliphatic heterocycles. The molecule has 0 fully saturated rings. The Morgan fingerprint density at radius 3 is 2.31 bits per heavy atom. The predicted octanol–water partition coefficient (Wildman–Crippen LogP) is -1.27. The minimum Gasteiger partial charge on any atom is -1.00 e. The molecule has 2 nitrogen and oxygen atoms in total. The number of ketones is 1. The Morgan fingerprint density at radius 1 is 0.938 bits per heavy atom. The van der Waals surface area contributed by atoms with E-state index in [0.29, 0.717) is 0 Å². The van der Waals surface area contributed by atoms with E-state index in [0.717, 1.165) is 22.4 Å². The summed E-state index contributed by atoms with van der Waals surface area (Å²) < 4.78 is 1.89.